The van der Waals surface area contributed by atoms with Crippen molar-refractivity contribution < 1.29 is 24.2 Å². The van der Waals surface area contributed by atoms with Crippen LogP contribution in [0.1, 0.15) is 37.0 Å². The first-order valence-electron chi connectivity index (χ1n) is 7.85. The Balaban J connectivity index is 1.98. The van der Waals surface area contributed by atoms with E-state index in [4.69, 9.17) is 4.74 Å². The van der Waals surface area contributed by atoms with Crippen LogP contribution in [0.4, 0.5) is 0 Å². The van der Waals surface area contributed by atoms with Crippen molar-refractivity contribution in [2.24, 2.45) is 0 Å². The monoisotopic (exact) mass is 351 g/mol. The Hall–Kier alpha value is -1.86. The van der Waals surface area contributed by atoms with Crippen molar-refractivity contribution in [3.63, 3.8) is 0 Å². The fraction of sp³-hybridized carbons (Fsp3) is 0.471. The molecule has 6 nitrogen and oxygen atoms in total. The number of likely N-dealkylation sites (tertiary alicyclic amines) is 1. The molecule has 7 heteroatoms. The lowest BCUT2D eigenvalue weighted by molar-refractivity contribution is -0.138. The summed E-state index contributed by atoms with van der Waals surface area (Å²) in [5.41, 5.74) is 0.145. The maximum absolute atomic E-state index is 12.4. The van der Waals surface area contributed by atoms with Gasteiger partial charge in [-0.3, -0.25) is 14.5 Å². The van der Waals surface area contributed by atoms with Crippen LogP contribution in [-0.2, 0) is 14.3 Å². The van der Waals surface area contributed by atoms with E-state index in [1.54, 1.807) is 18.2 Å². The molecule has 2 rings (SSSR count). The van der Waals surface area contributed by atoms with Gasteiger partial charge in [-0.05, 0) is 32.4 Å². The summed E-state index contributed by atoms with van der Waals surface area (Å²) in [4.78, 5) is 37.5. The summed E-state index contributed by atoms with van der Waals surface area (Å²) in [6.07, 6.45) is 0.812. The third-order valence-corrected chi connectivity index (χ3v) is 4.83. The van der Waals surface area contributed by atoms with E-state index < -0.39 is 11.2 Å². The Morgan fingerprint density at radius 2 is 2.08 bits per heavy atom. The number of benzene rings is 1. The Morgan fingerprint density at radius 1 is 1.38 bits per heavy atom. The van der Waals surface area contributed by atoms with Gasteiger partial charge in [-0.25, -0.2) is 4.79 Å². The molecule has 1 fully saturated rings. The second-order valence-corrected chi connectivity index (χ2v) is 7.01. The van der Waals surface area contributed by atoms with Crippen molar-refractivity contribution in [1.82, 2.24) is 4.90 Å². The number of ether oxygens (including phenoxy) is 1. The predicted octanol–water partition coefficient (Wildman–Crippen LogP) is 2.42. The van der Waals surface area contributed by atoms with Crippen LogP contribution in [-0.4, -0.2) is 52.3 Å². The maximum atomic E-state index is 12.4. The highest BCUT2D eigenvalue weighted by Crippen LogP contribution is 2.33. The van der Waals surface area contributed by atoms with Gasteiger partial charge in [0, 0.05) is 24.5 Å². The quantitative estimate of drug-likeness (QED) is 0.572. The molecule has 2 amide bonds. The van der Waals surface area contributed by atoms with Gasteiger partial charge in [0.25, 0.3) is 0 Å². The highest BCUT2D eigenvalue weighted by atomic mass is 32.2. The number of carboxylic acids is 1. The highest BCUT2D eigenvalue weighted by molar-refractivity contribution is 8.00. The van der Waals surface area contributed by atoms with Gasteiger partial charge in [-0.2, -0.15) is 0 Å². The molecule has 1 aliphatic heterocycles. The van der Waals surface area contributed by atoms with E-state index in [0.717, 1.165) is 11.8 Å². The first kappa shape index (κ1) is 18.5. The van der Waals surface area contributed by atoms with E-state index in [2.05, 4.69) is 0 Å². The number of imide groups is 1. The van der Waals surface area contributed by atoms with Crippen LogP contribution < -0.4 is 0 Å². The van der Waals surface area contributed by atoms with E-state index in [9.17, 15) is 19.5 Å². The van der Waals surface area contributed by atoms with Crippen LogP contribution >= 0.6 is 11.8 Å². The number of carbonyl (C=O) groups excluding carboxylic acids is 2. The average Bonchev–Trinajstić information content (AvgIpc) is 2.78. The van der Waals surface area contributed by atoms with Gasteiger partial charge in [-0.1, -0.05) is 12.1 Å². The van der Waals surface area contributed by atoms with Gasteiger partial charge in [0.2, 0.25) is 11.8 Å². The standard InChI is InChI=1S/C17H21NO5S/c1-11(2)23-9-5-8-18-15(19)10-14(16(18)20)24-13-7-4-3-6-12(13)17(21)22/h3-4,6-7,11,14H,5,8-10H2,1-2H3,(H,21,22). The molecule has 1 atom stereocenters. The van der Waals surface area contributed by atoms with Crippen molar-refractivity contribution in [3.05, 3.63) is 29.8 Å². The molecular weight excluding hydrogens is 330 g/mol. The minimum absolute atomic E-state index is 0.0997. The minimum Gasteiger partial charge on any atom is -0.478 e. The van der Waals surface area contributed by atoms with Crippen molar-refractivity contribution >= 4 is 29.5 Å². The molecule has 0 spiro atoms. The first-order chi connectivity index (χ1) is 11.4. The summed E-state index contributed by atoms with van der Waals surface area (Å²) in [5.74, 6) is -1.51. The number of carboxylic acid groups (broad SMARTS) is 1. The molecule has 0 saturated carbocycles. The van der Waals surface area contributed by atoms with Crippen molar-refractivity contribution in [2.45, 2.75) is 42.9 Å². The molecule has 130 valence electrons. The predicted molar refractivity (Wildman–Crippen MR) is 90.1 cm³/mol. The fourth-order valence-electron chi connectivity index (χ4n) is 2.42. The molecule has 1 heterocycles. The highest BCUT2D eigenvalue weighted by Gasteiger charge is 2.39. The van der Waals surface area contributed by atoms with Gasteiger partial charge in [0.1, 0.15) is 0 Å². The van der Waals surface area contributed by atoms with E-state index in [1.807, 2.05) is 13.8 Å². The van der Waals surface area contributed by atoms with E-state index in [1.165, 1.54) is 11.0 Å². The summed E-state index contributed by atoms with van der Waals surface area (Å²) >= 11 is 1.14. The van der Waals surface area contributed by atoms with Gasteiger partial charge in [0.15, 0.2) is 0 Å². The van der Waals surface area contributed by atoms with Crippen LogP contribution in [0.2, 0.25) is 0 Å². The Kier molecular flexibility index (Phi) is 6.39. The third-order valence-electron chi connectivity index (χ3n) is 3.57. The zero-order chi connectivity index (χ0) is 17.7. The zero-order valence-electron chi connectivity index (χ0n) is 13.7. The molecule has 0 radical (unpaired) electrons. The van der Waals surface area contributed by atoms with Crippen molar-refractivity contribution in [3.8, 4) is 0 Å². The molecule has 1 aromatic carbocycles. The number of carbonyl (C=O) groups is 3. The number of aromatic carboxylic acids is 1. The first-order valence-corrected chi connectivity index (χ1v) is 8.73. The third kappa shape index (κ3) is 4.58. The fourth-order valence-corrected chi connectivity index (χ4v) is 3.62. The van der Waals surface area contributed by atoms with E-state index >= 15 is 0 Å². The number of amides is 2. The molecule has 0 bridgehead atoms. The molecule has 1 aliphatic rings. The zero-order valence-corrected chi connectivity index (χ0v) is 14.5. The number of thioether (sulfide) groups is 1. The molecule has 0 aliphatic carbocycles. The Labute approximate surface area is 145 Å². The van der Waals surface area contributed by atoms with Gasteiger partial charge in [0.05, 0.1) is 16.9 Å². The van der Waals surface area contributed by atoms with E-state index in [-0.39, 0.29) is 29.9 Å². The largest absolute Gasteiger partial charge is 0.478 e. The lowest BCUT2D eigenvalue weighted by atomic mass is 10.2. The van der Waals surface area contributed by atoms with Gasteiger partial charge in [-0.15, -0.1) is 11.8 Å². The molecule has 1 saturated heterocycles. The van der Waals surface area contributed by atoms with Crippen LogP contribution in [0.5, 0.6) is 0 Å². The SMILES string of the molecule is CC(C)OCCCN1C(=O)CC(Sc2ccccc2C(=O)O)C1=O. The van der Waals surface area contributed by atoms with Crippen LogP contribution in [0.15, 0.2) is 29.2 Å². The smallest absolute Gasteiger partial charge is 0.336 e. The molecule has 1 N–H and O–H groups in total. The minimum atomic E-state index is -1.04. The molecule has 24 heavy (non-hydrogen) atoms. The number of nitrogens with zero attached hydrogens (tertiary/aromatic N) is 1. The topological polar surface area (TPSA) is 83.9 Å². The lowest BCUT2D eigenvalue weighted by Gasteiger charge is -2.15. The second-order valence-electron chi connectivity index (χ2n) is 5.77. The summed E-state index contributed by atoms with van der Waals surface area (Å²) in [6, 6.07) is 6.51. The van der Waals surface area contributed by atoms with E-state index in [0.29, 0.717) is 24.5 Å². The summed E-state index contributed by atoms with van der Waals surface area (Å²) < 4.78 is 5.42. The Morgan fingerprint density at radius 3 is 2.75 bits per heavy atom. The lowest BCUT2D eigenvalue weighted by Crippen LogP contribution is -2.33. The number of hydrogen-bond acceptors (Lipinski definition) is 5. The second kappa shape index (κ2) is 8.30. The average molecular weight is 351 g/mol. The summed E-state index contributed by atoms with van der Waals surface area (Å²) in [7, 11) is 0. The van der Waals surface area contributed by atoms with Crippen LogP contribution in [0, 0.1) is 0 Å². The number of hydrogen-bond donors (Lipinski definition) is 1. The maximum Gasteiger partial charge on any atom is 0.336 e. The summed E-state index contributed by atoms with van der Waals surface area (Å²) in [6.45, 7) is 4.69. The summed E-state index contributed by atoms with van der Waals surface area (Å²) in [5, 5.41) is 8.64. The Bertz CT molecular complexity index is 631. The number of rotatable bonds is 8. The van der Waals surface area contributed by atoms with Gasteiger partial charge >= 0.3 is 5.97 Å². The van der Waals surface area contributed by atoms with Crippen LogP contribution in [0.25, 0.3) is 0 Å². The van der Waals surface area contributed by atoms with Gasteiger partial charge < -0.3 is 9.84 Å². The van der Waals surface area contributed by atoms with Crippen LogP contribution in [0.3, 0.4) is 0 Å². The van der Waals surface area contributed by atoms with Crippen molar-refractivity contribution in [1.29, 1.82) is 0 Å². The molecule has 0 aromatic heterocycles. The normalized spacial score (nSPS) is 17.8. The van der Waals surface area contributed by atoms with Crippen molar-refractivity contribution in [2.75, 3.05) is 13.2 Å². The molecule has 1 aromatic rings. The molecule has 1 unspecified atom stereocenters. The molecular formula is C17H21NO5S.